The molecular weight excluding hydrogens is 148 g/mol. The van der Waals surface area contributed by atoms with E-state index in [9.17, 15) is 0 Å². The molecule has 0 saturated heterocycles. The van der Waals surface area contributed by atoms with Gasteiger partial charge in [-0.3, -0.25) is 0 Å². The average molecular weight is 166 g/mol. The Morgan fingerprint density at radius 3 is 2.50 bits per heavy atom. The fourth-order valence-electron chi connectivity index (χ4n) is 1.53. The van der Waals surface area contributed by atoms with E-state index < -0.39 is 0 Å². The van der Waals surface area contributed by atoms with E-state index in [2.05, 4.69) is 25.2 Å². The molecule has 1 rings (SSSR count). The van der Waals surface area contributed by atoms with E-state index >= 15 is 0 Å². The van der Waals surface area contributed by atoms with Crippen molar-refractivity contribution in [3.05, 3.63) is 0 Å². The highest BCUT2D eigenvalue weighted by atomic mass is 14.9. The van der Waals surface area contributed by atoms with Crippen LogP contribution in [0.4, 0.5) is 0 Å². The highest BCUT2D eigenvalue weighted by Gasteiger charge is 2.36. The summed E-state index contributed by atoms with van der Waals surface area (Å²) in [6.07, 6.45) is 3.42. The highest BCUT2D eigenvalue weighted by Crippen LogP contribution is 2.39. The number of nitriles is 1. The lowest BCUT2D eigenvalue weighted by atomic mass is 9.70. The van der Waals surface area contributed by atoms with Crippen LogP contribution in [0.15, 0.2) is 0 Å². The predicted octanol–water partition coefficient (Wildman–Crippen LogP) is 1.93. The molecule has 0 atom stereocenters. The summed E-state index contributed by atoms with van der Waals surface area (Å²) >= 11 is 0. The molecule has 0 aromatic heterocycles. The first kappa shape index (κ1) is 9.54. The molecule has 0 aliphatic heterocycles. The first-order valence-corrected chi connectivity index (χ1v) is 4.80. The van der Waals surface area contributed by atoms with Crippen LogP contribution in [-0.4, -0.2) is 13.1 Å². The van der Waals surface area contributed by atoms with Crippen molar-refractivity contribution in [1.82, 2.24) is 5.32 Å². The molecule has 68 valence electrons. The molecule has 0 radical (unpaired) electrons. The molecule has 0 aromatic carbocycles. The molecule has 12 heavy (non-hydrogen) atoms. The molecule has 1 saturated carbocycles. The quantitative estimate of drug-likeness (QED) is 0.692. The van der Waals surface area contributed by atoms with Gasteiger partial charge in [0.25, 0.3) is 0 Å². The van der Waals surface area contributed by atoms with Gasteiger partial charge in [-0.15, -0.1) is 0 Å². The number of hydrogen-bond acceptors (Lipinski definition) is 2. The van der Waals surface area contributed by atoms with Crippen LogP contribution in [0.25, 0.3) is 0 Å². The van der Waals surface area contributed by atoms with Gasteiger partial charge in [-0.1, -0.05) is 20.3 Å². The predicted molar refractivity (Wildman–Crippen MR) is 49.6 cm³/mol. The van der Waals surface area contributed by atoms with Gasteiger partial charge in [0.1, 0.15) is 0 Å². The van der Waals surface area contributed by atoms with Gasteiger partial charge in [0.2, 0.25) is 0 Å². The summed E-state index contributed by atoms with van der Waals surface area (Å²) in [6, 6.07) is 2.43. The zero-order valence-electron chi connectivity index (χ0n) is 8.06. The minimum absolute atomic E-state index is 0.00507. The summed E-state index contributed by atoms with van der Waals surface area (Å²) in [5.41, 5.74) is -0.00507. The van der Waals surface area contributed by atoms with Crippen LogP contribution in [-0.2, 0) is 0 Å². The Hall–Kier alpha value is -0.550. The van der Waals surface area contributed by atoms with E-state index in [0.29, 0.717) is 5.92 Å². The average Bonchev–Trinajstić information content (AvgIpc) is 1.94. The summed E-state index contributed by atoms with van der Waals surface area (Å²) < 4.78 is 0. The standard InChI is InChI=1S/C10H18N2/c1-9(2)6-12-8-10(7-11)4-3-5-10/h9,12H,3-6,8H2,1-2H3. The van der Waals surface area contributed by atoms with E-state index in [0.717, 1.165) is 25.9 Å². The first-order chi connectivity index (χ1) is 5.68. The SMILES string of the molecule is CC(C)CNCC1(C#N)CCC1. The zero-order valence-corrected chi connectivity index (χ0v) is 8.06. The summed E-state index contributed by atoms with van der Waals surface area (Å²) in [5.74, 6) is 0.681. The monoisotopic (exact) mass is 166 g/mol. The summed E-state index contributed by atoms with van der Waals surface area (Å²) in [4.78, 5) is 0. The molecule has 0 spiro atoms. The minimum atomic E-state index is -0.00507. The Morgan fingerprint density at radius 2 is 2.17 bits per heavy atom. The number of hydrogen-bond donors (Lipinski definition) is 1. The van der Waals surface area contributed by atoms with Crippen molar-refractivity contribution in [3.8, 4) is 6.07 Å². The number of rotatable bonds is 4. The van der Waals surface area contributed by atoms with Gasteiger partial charge in [-0.2, -0.15) is 5.26 Å². The third-order valence-electron chi connectivity index (χ3n) is 2.56. The topological polar surface area (TPSA) is 35.8 Å². The van der Waals surface area contributed by atoms with Crippen molar-refractivity contribution in [2.24, 2.45) is 11.3 Å². The van der Waals surface area contributed by atoms with Crippen LogP contribution in [0, 0.1) is 22.7 Å². The van der Waals surface area contributed by atoms with Crippen LogP contribution in [0.5, 0.6) is 0 Å². The molecule has 2 nitrogen and oxygen atoms in total. The van der Waals surface area contributed by atoms with Crippen LogP contribution in [0.3, 0.4) is 0 Å². The van der Waals surface area contributed by atoms with Crippen molar-refractivity contribution < 1.29 is 0 Å². The fourth-order valence-corrected chi connectivity index (χ4v) is 1.53. The maximum atomic E-state index is 8.91. The van der Waals surface area contributed by atoms with E-state index in [-0.39, 0.29) is 5.41 Å². The van der Waals surface area contributed by atoms with Crippen molar-refractivity contribution in [2.75, 3.05) is 13.1 Å². The maximum absolute atomic E-state index is 8.91. The first-order valence-electron chi connectivity index (χ1n) is 4.80. The van der Waals surface area contributed by atoms with Gasteiger partial charge in [-0.25, -0.2) is 0 Å². The van der Waals surface area contributed by atoms with Gasteiger partial charge in [0, 0.05) is 6.54 Å². The lowest BCUT2D eigenvalue weighted by molar-refractivity contribution is 0.205. The van der Waals surface area contributed by atoms with Crippen molar-refractivity contribution in [2.45, 2.75) is 33.1 Å². The maximum Gasteiger partial charge on any atom is 0.0703 e. The van der Waals surface area contributed by atoms with Crippen LogP contribution in [0.2, 0.25) is 0 Å². The molecule has 1 N–H and O–H groups in total. The number of nitrogens with zero attached hydrogens (tertiary/aromatic N) is 1. The lowest BCUT2D eigenvalue weighted by Gasteiger charge is -2.35. The highest BCUT2D eigenvalue weighted by molar-refractivity contribution is 5.05. The minimum Gasteiger partial charge on any atom is -0.315 e. The number of nitrogens with one attached hydrogen (secondary N) is 1. The van der Waals surface area contributed by atoms with Gasteiger partial charge >= 0.3 is 0 Å². The molecule has 2 heteroatoms. The lowest BCUT2D eigenvalue weighted by Crippen LogP contribution is -2.39. The zero-order chi connectivity index (χ0) is 9.03. The Labute approximate surface area is 75.0 Å². The Balaban J connectivity index is 2.18. The molecule has 0 bridgehead atoms. The molecule has 0 unspecified atom stereocenters. The van der Waals surface area contributed by atoms with E-state index in [4.69, 9.17) is 5.26 Å². The van der Waals surface area contributed by atoms with Crippen molar-refractivity contribution >= 4 is 0 Å². The van der Waals surface area contributed by atoms with Crippen LogP contribution in [0.1, 0.15) is 33.1 Å². The largest absolute Gasteiger partial charge is 0.315 e. The van der Waals surface area contributed by atoms with Gasteiger partial charge < -0.3 is 5.32 Å². The molecule has 0 aromatic rings. The van der Waals surface area contributed by atoms with Gasteiger partial charge in [0.05, 0.1) is 11.5 Å². The van der Waals surface area contributed by atoms with E-state index in [1.807, 2.05) is 0 Å². The Morgan fingerprint density at radius 1 is 1.50 bits per heavy atom. The van der Waals surface area contributed by atoms with Crippen LogP contribution >= 0.6 is 0 Å². The second-order valence-electron chi connectivity index (χ2n) is 4.27. The van der Waals surface area contributed by atoms with Gasteiger partial charge in [0.15, 0.2) is 0 Å². The third kappa shape index (κ3) is 2.22. The second kappa shape index (κ2) is 3.91. The van der Waals surface area contributed by atoms with E-state index in [1.165, 1.54) is 6.42 Å². The molecule has 1 aliphatic rings. The molecule has 0 amide bonds. The second-order valence-corrected chi connectivity index (χ2v) is 4.27. The Bertz CT molecular complexity index is 175. The Kier molecular flexibility index (Phi) is 3.11. The smallest absolute Gasteiger partial charge is 0.0703 e. The molecular formula is C10H18N2. The van der Waals surface area contributed by atoms with Crippen LogP contribution < -0.4 is 5.32 Å². The fraction of sp³-hybridized carbons (Fsp3) is 0.900. The third-order valence-corrected chi connectivity index (χ3v) is 2.56. The molecule has 1 aliphatic carbocycles. The summed E-state index contributed by atoms with van der Waals surface area (Å²) in [7, 11) is 0. The normalized spacial score (nSPS) is 20.2. The van der Waals surface area contributed by atoms with E-state index in [1.54, 1.807) is 0 Å². The summed E-state index contributed by atoms with van der Waals surface area (Å²) in [5, 5.41) is 12.3. The van der Waals surface area contributed by atoms with Crippen molar-refractivity contribution in [3.63, 3.8) is 0 Å². The van der Waals surface area contributed by atoms with Gasteiger partial charge in [-0.05, 0) is 25.3 Å². The molecule has 0 heterocycles. The van der Waals surface area contributed by atoms with Crippen molar-refractivity contribution in [1.29, 1.82) is 5.26 Å². The summed E-state index contributed by atoms with van der Waals surface area (Å²) in [6.45, 7) is 6.30. The molecule has 1 fully saturated rings.